The normalized spacial score (nSPS) is 24.7. The van der Waals surface area contributed by atoms with Crippen LogP contribution in [0.25, 0.3) is 0 Å². The lowest BCUT2D eigenvalue weighted by molar-refractivity contribution is -0.304. The van der Waals surface area contributed by atoms with Gasteiger partial charge in [-0.1, -0.05) is 115 Å². The Balaban J connectivity index is 1.88. The maximum atomic E-state index is 11.2. The van der Waals surface area contributed by atoms with E-state index < -0.39 is 55.6 Å². The lowest BCUT2D eigenvalue weighted by Crippen LogP contribution is -2.59. The molecular formula is C32H61N3O8. The number of hydrogen-bond donors (Lipinski definition) is 6. The summed E-state index contributed by atoms with van der Waals surface area (Å²) in [6.45, 7) is 3.61. The monoisotopic (exact) mass is 615 g/mol. The van der Waals surface area contributed by atoms with Crippen LogP contribution in [0.1, 0.15) is 135 Å². The van der Waals surface area contributed by atoms with Crippen molar-refractivity contribution in [2.24, 2.45) is 0 Å². The molecule has 11 heteroatoms. The van der Waals surface area contributed by atoms with Gasteiger partial charge in [-0.2, -0.15) is 0 Å². The van der Waals surface area contributed by atoms with E-state index in [1.54, 1.807) is 6.20 Å². The highest BCUT2D eigenvalue weighted by molar-refractivity contribution is 4.96. The van der Waals surface area contributed by atoms with Crippen LogP contribution >= 0.6 is 0 Å². The fourth-order valence-electron chi connectivity index (χ4n) is 5.67. The van der Waals surface area contributed by atoms with Crippen LogP contribution in [-0.2, 0) is 15.9 Å². The number of aromatic nitrogens is 3. The van der Waals surface area contributed by atoms with Gasteiger partial charge in [-0.05, 0) is 19.3 Å². The number of aliphatic hydroxyl groups excluding tert-OH is 6. The molecule has 252 valence electrons. The summed E-state index contributed by atoms with van der Waals surface area (Å²) in [7, 11) is 0. The molecule has 1 saturated heterocycles. The zero-order valence-corrected chi connectivity index (χ0v) is 26.7. The molecule has 1 aromatic heterocycles. The van der Waals surface area contributed by atoms with Crippen molar-refractivity contribution < 1.29 is 40.1 Å². The molecule has 8 atom stereocenters. The highest BCUT2D eigenvalue weighted by atomic mass is 16.7. The van der Waals surface area contributed by atoms with E-state index >= 15 is 0 Å². The van der Waals surface area contributed by atoms with E-state index in [2.05, 4.69) is 24.2 Å². The van der Waals surface area contributed by atoms with Crippen LogP contribution in [-0.4, -0.2) is 102 Å². The van der Waals surface area contributed by atoms with Crippen molar-refractivity contribution in [3.8, 4) is 0 Å². The smallest absolute Gasteiger partial charge is 0.186 e. The summed E-state index contributed by atoms with van der Waals surface area (Å²) in [6.07, 6.45) is 12.4. The molecule has 1 aliphatic heterocycles. The second kappa shape index (κ2) is 22.3. The van der Waals surface area contributed by atoms with Gasteiger partial charge >= 0.3 is 0 Å². The van der Waals surface area contributed by atoms with Gasteiger partial charge in [0.15, 0.2) is 6.29 Å². The molecule has 0 spiro atoms. The molecule has 0 aromatic carbocycles. The van der Waals surface area contributed by atoms with Crippen molar-refractivity contribution in [3.05, 3.63) is 11.9 Å². The van der Waals surface area contributed by atoms with Crippen molar-refractivity contribution in [3.63, 3.8) is 0 Å². The molecule has 2 rings (SSSR count). The summed E-state index contributed by atoms with van der Waals surface area (Å²) < 4.78 is 12.7. The summed E-state index contributed by atoms with van der Waals surface area (Å²) in [4.78, 5) is 0. The molecule has 2 heterocycles. The second-order valence-electron chi connectivity index (χ2n) is 12.3. The first-order chi connectivity index (χ1) is 20.8. The Labute approximate surface area is 258 Å². The molecule has 1 aliphatic rings. The van der Waals surface area contributed by atoms with E-state index in [0.717, 1.165) is 57.1 Å². The standard InChI is InChI=1S/C32H61N3O8/c1-3-5-7-9-10-11-12-13-14-15-16-18-20-26(37)28(38)25(35-21-24(33-34-35)19-17-8-6-4-2)23-42-32-31(41)30(40)29(39)27(22-36)43-32/h21,25-32,36-41H,3-20,22-23H2,1-2H3/t25-,26+,27?,28-,29-,30-,31+,32-/m0/s1. The minimum Gasteiger partial charge on any atom is -0.394 e. The van der Waals surface area contributed by atoms with E-state index in [9.17, 15) is 30.6 Å². The SMILES string of the molecule is CCCCCCCCCCCCCC[C@@H](O)[C@@H](O)[C@H](CO[C@H]1OC(CO)[C@H](O)[C@H](O)[C@H]1O)n1cc(CCCCCC)nn1. The Kier molecular flexibility index (Phi) is 19.7. The molecular weight excluding hydrogens is 554 g/mol. The van der Waals surface area contributed by atoms with Crippen molar-refractivity contribution in [2.45, 2.75) is 178 Å². The fourth-order valence-corrected chi connectivity index (χ4v) is 5.67. The molecule has 0 radical (unpaired) electrons. The Bertz CT molecular complexity index is 813. The van der Waals surface area contributed by atoms with Gasteiger partial charge in [0.25, 0.3) is 0 Å². The minimum absolute atomic E-state index is 0.210. The van der Waals surface area contributed by atoms with Crippen molar-refractivity contribution >= 4 is 0 Å². The zero-order valence-electron chi connectivity index (χ0n) is 26.7. The van der Waals surface area contributed by atoms with Gasteiger partial charge in [0, 0.05) is 6.20 Å². The molecule has 1 unspecified atom stereocenters. The number of aliphatic hydroxyl groups is 6. The predicted octanol–water partition coefficient (Wildman–Crippen LogP) is 3.57. The number of rotatable bonds is 25. The maximum absolute atomic E-state index is 11.2. The van der Waals surface area contributed by atoms with Gasteiger partial charge in [0.2, 0.25) is 0 Å². The van der Waals surface area contributed by atoms with Crippen LogP contribution in [0.4, 0.5) is 0 Å². The summed E-state index contributed by atoms with van der Waals surface area (Å²) in [5.41, 5.74) is 0.775. The predicted molar refractivity (Wildman–Crippen MR) is 164 cm³/mol. The average molecular weight is 616 g/mol. The van der Waals surface area contributed by atoms with Crippen molar-refractivity contribution in [2.75, 3.05) is 13.2 Å². The lowest BCUT2D eigenvalue weighted by Gasteiger charge is -2.40. The van der Waals surface area contributed by atoms with Gasteiger partial charge in [-0.3, -0.25) is 0 Å². The van der Waals surface area contributed by atoms with Crippen LogP contribution in [0, 0.1) is 0 Å². The number of aryl methyl sites for hydroxylation is 1. The van der Waals surface area contributed by atoms with E-state index in [0.29, 0.717) is 6.42 Å². The lowest BCUT2D eigenvalue weighted by atomic mass is 9.98. The van der Waals surface area contributed by atoms with Gasteiger partial charge in [-0.25, -0.2) is 4.68 Å². The fraction of sp³-hybridized carbons (Fsp3) is 0.938. The third-order valence-electron chi connectivity index (χ3n) is 8.61. The largest absolute Gasteiger partial charge is 0.394 e. The maximum Gasteiger partial charge on any atom is 0.186 e. The van der Waals surface area contributed by atoms with Crippen molar-refractivity contribution in [1.29, 1.82) is 0 Å². The highest BCUT2D eigenvalue weighted by Gasteiger charge is 2.44. The molecule has 0 bridgehead atoms. The van der Waals surface area contributed by atoms with Gasteiger partial charge in [0.1, 0.15) is 36.6 Å². The highest BCUT2D eigenvalue weighted by Crippen LogP contribution is 2.25. The Morgan fingerprint density at radius 1 is 0.791 bits per heavy atom. The first-order valence-corrected chi connectivity index (χ1v) is 17.0. The zero-order chi connectivity index (χ0) is 31.5. The molecule has 1 aromatic rings. The molecule has 0 aliphatic carbocycles. The quantitative estimate of drug-likeness (QED) is 0.0894. The molecule has 1 fully saturated rings. The summed E-state index contributed by atoms with van der Waals surface area (Å²) in [5, 5.41) is 70.6. The van der Waals surface area contributed by atoms with Crippen LogP contribution < -0.4 is 0 Å². The average Bonchev–Trinajstić information content (AvgIpc) is 3.48. The molecule has 6 N–H and O–H groups in total. The van der Waals surface area contributed by atoms with E-state index in [1.165, 1.54) is 62.5 Å². The van der Waals surface area contributed by atoms with Crippen molar-refractivity contribution in [1.82, 2.24) is 15.0 Å². The van der Waals surface area contributed by atoms with Gasteiger partial charge in [-0.15, -0.1) is 5.10 Å². The number of ether oxygens (including phenoxy) is 2. The summed E-state index contributed by atoms with van der Waals surface area (Å²) >= 11 is 0. The Morgan fingerprint density at radius 3 is 1.93 bits per heavy atom. The van der Waals surface area contributed by atoms with E-state index in [4.69, 9.17) is 9.47 Å². The van der Waals surface area contributed by atoms with Gasteiger partial charge < -0.3 is 40.1 Å². The minimum atomic E-state index is -1.57. The number of hydrogen-bond acceptors (Lipinski definition) is 10. The Morgan fingerprint density at radius 2 is 1.35 bits per heavy atom. The topological polar surface area (TPSA) is 171 Å². The van der Waals surface area contributed by atoms with Crippen LogP contribution in [0.3, 0.4) is 0 Å². The molecule has 11 nitrogen and oxygen atoms in total. The number of unbranched alkanes of at least 4 members (excludes halogenated alkanes) is 14. The number of nitrogens with zero attached hydrogens (tertiary/aromatic N) is 3. The first kappa shape index (κ1) is 38.0. The van der Waals surface area contributed by atoms with Crippen LogP contribution in [0.2, 0.25) is 0 Å². The van der Waals surface area contributed by atoms with Crippen LogP contribution in [0.15, 0.2) is 6.20 Å². The van der Waals surface area contributed by atoms with Crippen LogP contribution in [0.5, 0.6) is 0 Å². The first-order valence-electron chi connectivity index (χ1n) is 17.0. The second-order valence-corrected chi connectivity index (χ2v) is 12.3. The molecule has 0 saturated carbocycles. The third kappa shape index (κ3) is 13.8. The van der Waals surface area contributed by atoms with E-state index in [1.807, 2.05) is 0 Å². The van der Waals surface area contributed by atoms with Gasteiger partial charge in [0.05, 0.1) is 25.0 Å². The Hall–Kier alpha value is -1.18. The molecule has 0 amide bonds. The summed E-state index contributed by atoms with van der Waals surface area (Å²) in [5.74, 6) is 0. The molecule has 43 heavy (non-hydrogen) atoms. The summed E-state index contributed by atoms with van der Waals surface area (Å²) in [6, 6.07) is -0.836. The third-order valence-corrected chi connectivity index (χ3v) is 8.61. The van der Waals surface area contributed by atoms with E-state index in [-0.39, 0.29) is 6.61 Å².